The van der Waals surface area contributed by atoms with E-state index in [0.717, 1.165) is 38.4 Å². The molecule has 1 aromatic rings. The summed E-state index contributed by atoms with van der Waals surface area (Å²) in [5.74, 6) is -1.34. The molecule has 6 heteroatoms. The number of hydrogen-bond donors (Lipinski definition) is 1. The average Bonchev–Trinajstić information content (AvgIpc) is 2.62. The molecule has 0 bridgehead atoms. The molecule has 1 N–H and O–H groups in total. The van der Waals surface area contributed by atoms with E-state index < -0.39 is 11.9 Å². The van der Waals surface area contributed by atoms with E-state index in [2.05, 4.69) is 4.90 Å². The van der Waals surface area contributed by atoms with Gasteiger partial charge in [-0.05, 0) is 37.1 Å². The number of carbonyl (C=O) groups is 2. The molecule has 2 aliphatic heterocycles. The Morgan fingerprint density at radius 3 is 2.43 bits per heavy atom. The van der Waals surface area contributed by atoms with Gasteiger partial charge in [0.1, 0.15) is 0 Å². The second-order valence-corrected chi connectivity index (χ2v) is 6.07. The van der Waals surface area contributed by atoms with E-state index in [-0.39, 0.29) is 5.91 Å². The van der Waals surface area contributed by atoms with Crippen LogP contribution in [0.4, 0.5) is 5.69 Å². The highest BCUT2D eigenvalue weighted by atomic mass is 16.5. The number of rotatable bonds is 3. The van der Waals surface area contributed by atoms with E-state index >= 15 is 0 Å². The molecular formula is C17H22N2O4. The molecular weight excluding hydrogens is 296 g/mol. The summed E-state index contributed by atoms with van der Waals surface area (Å²) in [4.78, 5) is 27.6. The lowest BCUT2D eigenvalue weighted by Gasteiger charge is -2.31. The smallest absolute Gasteiger partial charge is 0.308 e. The summed E-state index contributed by atoms with van der Waals surface area (Å²) >= 11 is 0. The van der Waals surface area contributed by atoms with Gasteiger partial charge in [-0.25, -0.2) is 0 Å². The molecule has 124 valence electrons. The Hall–Kier alpha value is -2.08. The molecule has 23 heavy (non-hydrogen) atoms. The normalized spacial score (nSPS) is 22.0. The highest BCUT2D eigenvalue weighted by Gasteiger charge is 2.28. The third-order valence-electron chi connectivity index (χ3n) is 4.55. The summed E-state index contributed by atoms with van der Waals surface area (Å²) in [5.41, 5.74) is 1.71. The third kappa shape index (κ3) is 3.64. The van der Waals surface area contributed by atoms with Gasteiger partial charge in [-0.2, -0.15) is 0 Å². The van der Waals surface area contributed by atoms with Gasteiger partial charge < -0.3 is 19.6 Å². The molecule has 1 atom stereocenters. The van der Waals surface area contributed by atoms with Crippen LogP contribution in [0.15, 0.2) is 24.3 Å². The van der Waals surface area contributed by atoms with E-state index in [1.165, 1.54) is 0 Å². The van der Waals surface area contributed by atoms with Crippen LogP contribution >= 0.6 is 0 Å². The number of ether oxygens (including phenoxy) is 1. The third-order valence-corrected chi connectivity index (χ3v) is 4.55. The maximum Gasteiger partial charge on any atom is 0.308 e. The Bertz CT molecular complexity index is 566. The van der Waals surface area contributed by atoms with Gasteiger partial charge in [0.25, 0.3) is 5.91 Å². The van der Waals surface area contributed by atoms with Gasteiger partial charge in [0.15, 0.2) is 0 Å². The monoisotopic (exact) mass is 318 g/mol. The van der Waals surface area contributed by atoms with Crippen molar-refractivity contribution in [3.63, 3.8) is 0 Å². The first kappa shape index (κ1) is 15.8. The van der Waals surface area contributed by atoms with Crippen LogP contribution in [0, 0.1) is 5.92 Å². The standard InChI is InChI=1S/C17H22N2O4/c20-16(19-7-1-2-14(12-19)17(21)22)13-3-5-15(6-4-13)18-8-10-23-11-9-18/h3-6,14H,1-2,7-12H2,(H,21,22)/t14-/m0/s1. The molecule has 2 aliphatic rings. The van der Waals surface area contributed by atoms with Crippen LogP contribution in [0.5, 0.6) is 0 Å². The molecule has 2 fully saturated rings. The summed E-state index contributed by atoms with van der Waals surface area (Å²) in [5, 5.41) is 9.14. The Morgan fingerprint density at radius 1 is 1.09 bits per heavy atom. The summed E-state index contributed by atoms with van der Waals surface area (Å²) in [6.45, 7) is 4.11. The van der Waals surface area contributed by atoms with E-state index in [0.29, 0.717) is 25.1 Å². The largest absolute Gasteiger partial charge is 0.481 e. The van der Waals surface area contributed by atoms with Gasteiger partial charge in [0.05, 0.1) is 19.1 Å². The number of carbonyl (C=O) groups excluding carboxylic acids is 1. The first-order chi connectivity index (χ1) is 11.1. The molecule has 2 saturated heterocycles. The van der Waals surface area contributed by atoms with Gasteiger partial charge in [0.2, 0.25) is 0 Å². The van der Waals surface area contributed by atoms with Gasteiger partial charge in [-0.3, -0.25) is 9.59 Å². The SMILES string of the molecule is O=C(O)[C@H]1CCCN(C(=O)c2ccc(N3CCOCC3)cc2)C1. The predicted octanol–water partition coefficient (Wildman–Crippen LogP) is 1.46. The van der Waals surface area contributed by atoms with E-state index in [1.807, 2.05) is 24.3 Å². The summed E-state index contributed by atoms with van der Waals surface area (Å²) < 4.78 is 5.34. The maximum atomic E-state index is 12.6. The van der Waals surface area contributed by atoms with Crippen molar-refractivity contribution in [3.8, 4) is 0 Å². The number of likely N-dealkylation sites (tertiary alicyclic amines) is 1. The minimum absolute atomic E-state index is 0.0792. The molecule has 0 spiro atoms. The fourth-order valence-electron chi connectivity index (χ4n) is 3.18. The maximum absolute atomic E-state index is 12.6. The molecule has 1 aromatic carbocycles. The highest BCUT2D eigenvalue weighted by Crippen LogP contribution is 2.21. The van der Waals surface area contributed by atoms with Crippen LogP contribution < -0.4 is 4.90 Å². The summed E-state index contributed by atoms with van der Waals surface area (Å²) in [6, 6.07) is 7.57. The zero-order chi connectivity index (χ0) is 16.2. The van der Waals surface area contributed by atoms with Crippen molar-refractivity contribution in [2.75, 3.05) is 44.3 Å². The number of carboxylic acids is 1. The fourth-order valence-corrected chi connectivity index (χ4v) is 3.18. The quantitative estimate of drug-likeness (QED) is 0.914. The molecule has 0 aromatic heterocycles. The molecule has 0 radical (unpaired) electrons. The minimum atomic E-state index is -0.815. The van der Waals surface area contributed by atoms with Crippen molar-refractivity contribution in [2.24, 2.45) is 5.92 Å². The van der Waals surface area contributed by atoms with Crippen LogP contribution in [0.2, 0.25) is 0 Å². The fraction of sp³-hybridized carbons (Fsp3) is 0.529. The van der Waals surface area contributed by atoms with Crippen molar-refractivity contribution in [2.45, 2.75) is 12.8 Å². The van der Waals surface area contributed by atoms with Crippen molar-refractivity contribution in [3.05, 3.63) is 29.8 Å². The number of anilines is 1. The zero-order valence-corrected chi connectivity index (χ0v) is 13.1. The Balaban J connectivity index is 1.66. The lowest BCUT2D eigenvalue weighted by atomic mass is 9.97. The number of piperidine rings is 1. The van der Waals surface area contributed by atoms with Gasteiger partial charge in [0, 0.05) is 37.4 Å². The van der Waals surface area contributed by atoms with Crippen LogP contribution in [0.3, 0.4) is 0 Å². The number of morpholine rings is 1. The lowest BCUT2D eigenvalue weighted by Crippen LogP contribution is -2.42. The van der Waals surface area contributed by atoms with Crippen LogP contribution in [0.25, 0.3) is 0 Å². The molecule has 0 aliphatic carbocycles. The lowest BCUT2D eigenvalue weighted by molar-refractivity contribution is -0.143. The number of benzene rings is 1. The van der Waals surface area contributed by atoms with Crippen molar-refractivity contribution < 1.29 is 19.4 Å². The number of nitrogens with zero attached hydrogens (tertiary/aromatic N) is 2. The van der Waals surface area contributed by atoms with Crippen molar-refractivity contribution in [1.29, 1.82) is 0 Å². The highest BCUT2D eigenvalue weighted by molar-refractivity contribution is 5.95. The number of amides is 1. The Morgan fingerprint density at radius 2 is 1.78 bits per heavy atom. The van der Waals surface area contributed by atoms with Gasteiger partial charge in [-0.1, -0.05) is 0 Å². The first-order valence-corrected chi connectivity index (χ1v) is 8.10. The van der Waals surface area contributed by atoms with Crippen molar-refractivity contribution in [1.82, 2.24) is 4.90 Å². The second kappa shape index (κ2) is 7.00. The molecule has 6 nitrogen and oxygen atoms in total. The molecule has 2 heterocycles. The number of hydrogen-bond acceptors (Lipinski definition) is 4. The van der Waals surface area contributed by atoms with Crippen LogP contribution in [-0.2, 0) is 9.53 Å². The number of carboxylic acid groups (broad SMARTS) is 1. The molecule has 1 amide bonds. The van der Waals surface area contributed by atoms with Crippen LogP contribution in [0.1, 0.15) is 23.2 Å². The van der Waals surface area contributed by atoms with Crippen molar-refractivity contribution >= 4 is 17.6 Å². The summed E-state index contributed by atoms with van der Waals surface area (Å²) in [6.07, 6.45) is 1.39. The molecule has 0 saturated carbocycles. The minimum Gasteiger partial charge on any atom is -0.481 e. The van der Waals surface area contributed by atoms with Gasteiger partial charge >= 0.3 is 5.97 Å². The van der Waals surface area contributed by atoms with E-state index in [1.54, 1.807) is 4.90 Å². The molecule has 3 rings (SSSR count). The first-order valence-electron chi connectivity index (χ1n) is 8.10. The Kier molecular flexibility index (Phi) is 4.81. The van der Waals surface area contributed by atoms with Crippen LogP contribution in [-0.4, -0.2) is 61.3 Å². The zero-order valence-electron chi connectivity index (χ0n) is 13.1. The predicted molar refractivity (Wildman–Crippen MR) is 85.7 cm³/mol. The Labute approximate surface area is 135 Å². The topological polar surface area (TPSA) is 70.1 Å². The average molecular weight is 318 g/mol. The molecule has 0 unspecified atom stereocenters. The number of aliphatic carboxylic acids is 1. The summed E-state index contributed by atoms with van der Waals surface area (Å²) in [7, 11) is 0. The van der Waals surface area contributed by atoms with E-state index in [4.69, 9.17) is 9.84 Å². The van der Waals surface area contributed by atoms with Gasteiger partial charge in [-0.15, -0.1) is 0 Å². The van der Waals surface area contributed by atoms with E-state index in [9.17, 15) is 9.59 Å². The second-order valence-electron chi connectivity index (χ2n) is 6.07.